The second-order valence-corrected chi connectivity index (χ2v) is 9.28. The van der Waals surface area contributed by atoms with Crippen LogP contribution < -0.4 is 15.5 Å². The SMILES string of the molecule is C[C@@H](NC(=O)c1ccccc1N1CCC(NC(=O)c2ccc(Br)cc2)CC1)c1ccccc1. The van der Waals surface area contributed by atoms with Crippen LogP contribution in [0, 0.1) is 0 Å². The fourth-order valence-electron chi connectivity index (χ4n) is 4.18. The van der Waals surface area contributed by atoms with E-state index in [1.807, 2.05) is 85.8 Å². The van der Waals surface area contributed by atoms with Crippen LogP contribution in [0.4, 0.5) is 5.69 Å². The molecule has 3 aromatic carbocycles. The van der Waals surface area contributed by atoms with Gasteiger partial charge in [0, 0.05) is 34.9 Å². The number of carbonyl (C=O) groups is 2. The van der Waals surface area contributed by atoms with Crippen molar-refractivity contribution >= 4 is 33.4 Å². The molecule has 1 saturated heterocycles. The molecule has 1 fully saturated rings. The van der Waals surface area contributed by atoms with Crippen LogP contribution in [0.15, 0.2) is 83.3 Å². The maximum Gasteiger partial charge on any atom is 0.253 e. The van der Waals surface area contributed by atoms with E-state index in [1.54, 1.807) is 0 Å². The highest BCUT2D eigenvalue weighted by Gasteiger charge is 2.24. The number of rotatable bonds is 6. The third-order valence-corrected chi connectivity index (χ3v) is 6.60. The first-order valence-corrected chi connectivity index (χ1v) is 12.1. The molecule has 4 rings (SSSR count). The fraction of sp³-hybridized carbons (Fsp3) is 0.259. The molecule has 2 N–H and O–H groups in total. The number of nitrogens with zero attached hydrogens (tertiary/aromatic N) is 1. The van der Waals surface area contributed by atoms with Crippen LogP contribution in [-0.4, -0.2) is 30.9 Å². The van der Waals surface area contributed by atoms with E-state index in [4.69, 9.17) is 0 Å². The van der Waals surface area contributed by atoms with E-state index in [0.717, 1.165) is 41.7 Å². The third-order valence-electron chi connectivity index (χ3n) is 6.07. The van der Waals surface area contributed by atoms with Crippen molar-refractivity contribution in [3.8, 4) is 0 Å². The second kappa shape index (κ2) is 10.7. The zero-order valence-corrected chi connectivity index (χ0v) is 20.2. The number of hydrogen-bond acceptors (Lipinski definition) is 3. The maximum atomic E-state index is 13.1. The van der Waals surface area contributed by atoms with Gasteiger partial charge in [-0.25, -0.2) is 0 Å². The first-order valence-electron chi connectivity index (χ1n) is 11.3. The standard InChI is InChI=1S/C27H28BrN3O2/c1-19(20-7-3-2-4-8-20)29-27(33)24-9-5-6-10-25(24)31-17-15-23(16-18-31)30-26(32)21-11-13-22(28)14-12-21/h2-14,19,23H,15-18H2,1H3,(H,29,33)(H,30,32)/t19-/m1/s1. The number of hydrogen-bond donors (Lipinski definition) is 2. The summed E-state index contributed by atoms with van der Waals surface area (Å²) in [6, 6.07) is 25.1. The van der Waals surface area contributed by atoms with Crippen molar-refractivity contribution in [3.63, 3.8) is 0 Å². The number of carbonyl (C=O) groups excluding carboxylic acids is 2. The second-order valence-electron chi connectivity index (χ2n) is 8.36. The first kappa shape index (κ1) is 23.1. The molecule has 0 unspecified atom stereocenters. The van der Waals surface area contributed by atoms with Crippen LogP contribution in [0.2, 0.25) is 0 Å². The highest BCUT2D eigenvalue weighted by Crippen LogP contribution is 2.25. The lowest BCUT2D eigenvalue weighted by Crippen LogP contribution is -2.45. The van der Waals surface area contributed by atoms with Crippen LogP contribution in [0.25, 0.3) is 0 Å². The number of amides is 2. The van der Waals surface area contributed by atoms with Gasteiger partial charge in [-0.1, -0.05) is 58.4 Å². The zero-order chi connectivity index (χ0) is 23.2. The predicted octanol–water partition coefficient (Wildman–Crippen LogP) is 5.34. The Hall–Kier alpha value is -3.12. The minimum Gasteiger partial charge on any atom is -0.371 e. The Balaban J connectivity index is 1.37. The van der Waals surface area contributed by atoms with Gasteiger partial charge in [0.2, 0.25) is 0 Å². The van der Waals surface area contributed by atoms with Crippen molar-refractivity contribution in [2.45, 2.75) is 31.8 Å². The molecule has 6 heteroatoms. The number of benzene rings is 3. The lowest BCUT2D eigenvalue weighted by Gasteiger charge is -2.35. The zero-order valence-electron chi connectivity index (χ0n) is 18.6. The fourth-order valence-corrected chi connectivity index (χ4v) is 4.44. The van der Waals surface area contributed by atoms with Gasteiger partial charge in [-0.05, 0) is 61.7 Å². The Kier molecular flexibility index (Phi) is 7.45. The molecule has 0 bridgehead atoms. The van der Waals surface area contributed by atoms with Crippen molar-refractivity contribution in [2.24, 2.45) is 0 Å². The van der Waals surface area contributed by atoms with Crippen LogP contribution in [-0.2, 0) is 0 Å². The molecule has 1 aliphatic rings. The van der Waals surface area contributed by atoms with Crippen molar-refractivity contribution in [3.05, 3.63) is 100 Å². The molecule has 2 amide bonds. The van der Waals surface area contributed by atoms with Gasteiger partial charge in [0.25, 0.3) is 11.8 Å². The molecule has 0 radical (unpaired) electrons. The summed E-state index contributed by atoms with van der Waals surface area (Å²) in [5.41, 5.74) is 3.35. The Labute approximate surface area is 203 Å². The topological polar surface area (TPSA) is 61.4 Å². The lowest BCUT2D eigenvalue weighted by molar-refractivity contribution is 0.0928. The van der Waals surface area contributed by atoms with E-state index in [2.05, 4.69) is 31.5 Å². The molecule has 5 nitrogen and oxygen atoms in total. The van der Waals surface area contributed by atoms with Crippen molar-refractivity contribution in [1.29, 1.82) is 0 Å². The Morgan fingerprint density at radius 1 is 0.879 bits per heavy atom. The van der Waals surface area contributed by atoms with Gasteiger partial charge < -0.3 is 15.5 Å². The van der Waals surface area contributed by atoms with Crippen molar-refractivity contribution in [2.75, 3.05) is 18.0 Å². The summed E-state index contributed by atoms with van der Waals surface area (Å²) in [6.07, 6.45) is 1.66. The summed E-state index contributed by atoms with van der Waals surface area (Å²) < 4.78 is 0.952. The molecule has 170 valence electrons. The lowest BCUT2D eigenvalue weighted by atomic mass is 10.0. The Bertz CT molecular complexity index is 1090. The van der Waals surface area contributed by atoms with Gasteiger partial charge in [0.1, 0.15) is 0 Å². The van der Waals surface area contributed by atoms with E-state index >= 15 is 0 Å². The molecule has 1 heterocycles. The summed E-state index contributed by atoms with van der Waals surface area (Å²) >= 11 is 3.40. The van der Waals surface area contributed by atoms with Crippen LogP contribution in [0.5, 0.6) is 0 Å². The maximum absolute atomic E-state index is 13.1. The number of para-hydroxylation sites is 1. The summed E-state index contributed by atoms with van der Waals surface area (Å²) in [5.74, 6) is -0.122. The number of nitrogens with one attached hydrogen (secondary N) is 2. The molecule has 0 spiro atoms. The van der Waals surface area contributed by atoms with Gasteiger partial charge in [0.15, 0.2) is 0 Å². The first-order chi connectivity index (χ1) is 16.0. The predicted molar refractivity (Wildman–Crippen MR) is 136 cm³/mol. The molecule has 1 atom stereocenters. The van der Waals surface area contributed by atoms with Gasteiger partial charge in [0.05, 0.1) is 11.6 Å². The number of piperidine rings is 1. The van der Waals surface area contributed by atoms with E-state index in [-0.39, 0.29) is 23.9 Å². The van der Waals surface area contributed by atoms with Crippen LogP contribution in [0.1, 0.15) is 52.1 Å². The smallest absolute Gasteiger partial charge is 0.253 e. The highest BCUT2D eigenvalue weighted by molar-refractivity contribution is 9.10. The van der Waals surface area contributed by atoms with Crippen molar-refractivity contribution in [1.82, 2.24) is 10.6 Å². The molecule has 3 aromatic rings. The quantitative estimate of drug-likeness (QED) is 0.475. The van der Waals surface area contributed by atoms with E-state index in [0.29, 0.717) is 11.1 Å². The summed E-state index contributed by atoms with van der Waals surface area (Å²) in [6.45, 7) is 3.56. The molecule has 0 saturated carbocycles. The minimum absolute atomic E-state index is 0.0457. The number of halogens is 1. The average molecular weight is 506 g/mol. The molecule has 1 aliphatic heterocycles. The highest BCUT2D eigenvalue weighted by atomic mass is 79.9. The van der Waals surface area contributed by atoms with Crippen molar-refractivity contribution < 1.29 is 9.59 Å². The van der Waals surface area contributed by atoms with Gasteiger partial charge in [-0.3, -0.25) is 9.59 Å². The molecular formula is C27H28BrN3O2. The van der Waals surface area contributed by atoms with E-state index in [1.165, 1.54) is 0 Å². The third kappa shape index (κ3) is 5.82. The minimum atomic E-state index is -0.0775. The van der Waals surface area contributed by atoms with Gasteiger partial charge in [-0.2, -0.15) is 0 Å². The number of anilines is 1. The average Bonchev–Trinajstić information content (AvgIpc) is 2.85. The Morgan fingerprint density at radius 3 is 2.21 bits per heavy atom. The summed E-state index contributed by atoms with van der Waals surface area (Å²) in [7, 11) is 0. The molecule has 33 heavy (non-hydrogen) atoms. The normalized spacial score (nSPS) is 15.0. The largest absolute Gasteiger partial charge is 0.371 e. The van der Waals surface area contributed by atoms with Crippen LogP contribution in [0.3, 0.4) is 0 Å². The molecule has 0 aromatic heterocycles. The molecular weight excluding hydrogens is 478 g/mol. The van der Waals surface area contributed by atoms with Gasteiger partial charge >= 0.3 is 0 Å². The van der Waals surface area contributed by atoms with Crippen LogP contribution >= 0.6 is 15.9 Å². The van der Waals surface area contributed by atoms with E-state index in [9.17, 15) is 9.59 Å². The molecule has 0 aliphatic carbocycles. The monoisotopic (exact) mass is 505 g/mol. The van der Waals surface area contributed by atoms with Gasteiger partial charge in [-0.15, -0.1) is 0 Å². The Morgan fingerprint density at radius 2 is 1.52 bits per heavy atom. The summed E-state index contributed by atoms with van der Waals surface area (Å²) in [5, 5.41) is 6.27. The summed E-state index contributed by atoms with van der Waals surface area (Å²) in [4.78, 5) is 27.9. The van der Waals surface area contributed by atoms with E-state index < -0.39 is 0 Å².